The van der Waals surface area contributed by atoms with Gasteiger partial charge in [0.15, 0.2) is 5.82 Å². The maximum Gasteiger partial charge on any atom is 0.240 e. The monoisotopic (exact) mass is 421 g/mol. The van der Waals surface area contributed by atoms with Crippen LogP contribution in [-0.4, -0.2) is 33.1 Å². The molecular weight excluding hydrogens is 405 g/mol. The molecule has 9 heteroatoms. The van der Waals surface area contributed by atoms with Gasteiger partial charge in [-0.05, 0) is 37.3 Å². The highest BCUT2D eigenvalue weighted by Gasteiger charge is 2.23. The zero-order valence-electron chi connectivity index (χ0n) is 14.6. The van der Waals surface area contributed by atoms with Crippen LogP contribution in [0.25, 0.3) is 11.4 Å². The Kier molecular flexibility index (Phi) is 5.94. The highest BCUT2D eigenvalue weighted by Crippen LogP contribution is 2.31. The Hall–Kier alpha value is -2.22. The molecule has 0 aliphatic heterocycles. The Morgan fingerprint density at radius 2 is 1.89 bits per heavy atom. The van der Waals surface area contributed by atoms with Crippen molar-refractivity contribution >= 4 is 46.6 Å². The van der Waals surface area contributed by atoms with Gasteiger partial charge in [-0.3, -0.25) is 4.79 Å². The minimum atomic E-state index is -0.407. The van der Waals surface area contributed by atoms with Crippen molar-refractivity contribution in [1.82, 2.24) is 14.9 Å². The van der Waals surface area contributed by atoms with Crippen molar-refractivity contribution in [3.63, 3.8) is 0 Å². The van der Waals surface area contributed by atoms with E-state index >= 15 is 0 Å². The molecule has 0 aliphatic carbocycles. The fourth-order valence-electron chi connectivity index (χ4n) is 2.47. The molecule has 1 amide bonds. The molecule has 0 saturated heterocycles. The van der Waals surface area contributed by atoms with Crippen LogP contribution in [0.15, 0.2) is 53.7 Å². The van der Waals surface area contributed by atoms with Gasteiger partial charge in [-0.15, -0.1) is 10.2 Å². The average molecular weight is 422 g/mol. The summed E-state index contributed by atoms with van der Waals surface area (Å²) in [5, 5.41) is 9.15. The summed E-state index contributed by atoms with van der Waals surface area (Å²) in [6.07, 6.45) is 0. The molecule has 27 heavy (non-hydrogen) atoms. The summed E-state index contributed by atoms with van der Waals surface area (Å²) < 4.78 is 1.33. The van der Waals surface area contributed by atoms with Crippen molar-refractivity contribution in [3.8, 4) is 11.4 Å². The number of nitrogens with two attached hydrogens (primary N) is 1. The number of hydrogen-bond acceptors (Lipinski definition) is 5. The van der Waals surface area contributed by atoms with Crippen molar-refractivity contribution in [2.45, 2.75) is 17.3 Å². The second-order valence-corrected chi connectivity index (χ2v) is 7.94. The number of carbonyl (C=O) groups is 1. The predicted molar refractivity (Wildman–Crippen MR) is 111 cm³/mol. The van der Waals surface area contributed by atoms with E-state index in [0.717, 1.165) is 5.69 Å². The first-order chi connectivity index (χ1) is 12.9. The number of anilines is 1. The number of nitrogen functional groups attached to an aromatic ring is 1. The highest BCUT2D eigenvalue weighted by atomic mass is 35.5. The SMILES string of the molecule is CC(Sc1nnc(-c2ccc(Cl)cc2Cl)n1N)C(=O)N(C)c1ccccc1. The first kappa shape index (κ1) is 19.5. The zero-order chi connectivity index (χ0) is 19.6. The summed E-state index contributed by atoms with van der Waals surface area (Å²) in [5.74, 6) is 6.46. The Bertz CT molecular complexity index is 964. The third-order valence-electron chi connectivity index (χ3n) is 3.94. The van der Waals surface area contributed by atoms with Gasteiger partial charge in [-0.25, -0.2) is 4.68 Å². The molecule has 2 N–H and O–H groups in total. The minimum absolute atomic E-state index is 0.0692. The molecule has 0 bridgehead atoms. The van der Waals surface area contributed by atoms with Gasteiger partial charge in [0, 0.05) is 23.3 Å². The molecule has 3 rings (SSSR count). The van der Waals surface area contributed by atoms with Gasteiger partial charge in [0.2, 0.25) is 11.1 Å². The Labute approximate surface area is 171 Å². The normalized spacial score (nSPS) is 12.0. The van der Waals surface area contributed by atoms with Crippen LogP contribution < -0.4 is 10.7 Å². The van der Waals surface area contributed by atoms with E-state index in [4.69, 9.17) is 29.0 Å². The number of para-hydroxylation sites is 1. The molecule has 2 aromatic carbocycles. The number of nitrogens with zero attached hydrogens (tertiary/aromatic N) is 4. The van der Waals surface area contributed by atoms with Gasteiger partial charge in [-0.1, -0.05) is 53.2 Å². The smallest absolute Gasteiger partial charge is 0.240 e. The molecule has 0 aliphatic rings. The van der Waals surface area contributed by atoms with E-state index in [9.17, 15) is 4.79 Å². The van der Waals surface area contributed by atoms with E-state index in [1.807, 2.05) is 30.3 Å². The van der Waals surface area contributed by atoms with E-state index in [2.05, 4.69) is 10.2 Å². The highest BCUT2D eigenvalue weighted by molar-refractivity contribution is 8.00. The molecular formula is C18H17Cl2N5OS. The first-order valence-electron chi connectivity index (χ1n) is 8.03. The third-order valence-corrected chi connectivity index (χ3v) is 5.53. The average Bonchev–Trinajstić information content (AvgIpc) is 3.01. The number of benzene rings is 2. The Morgan fingerprint density at radius 1 is 1.19 bits per heavy atom. The molecule has 1 heterocycles. The number of halogens is 2. The van der Waals surface area contributed by atoms with Crippen LogP contribution in [0.1, 0.15) is 6.92 Å². The van der Waals surface area contributed by atoms with Gasteiger partial charge in [0.1, 0.15) is 0 Å². The van der Waals surface area contributed by atoms with Crippen LogP contribution in [0, 0.1) is 0 Å². The fraction of sp³-hybridized carbons (Fsp3) is 0.167. The molecule has 0 saturated carbocycles. The summed E-state index contributed by atoms with van der Waals surface area (Å²) >= 11 is 13.4. The molecule has 0 fully saturated rings. The Morgan fingerprint density at radius 3 is 2.56 bits per heavy atom. The van der Waals surface area contributed by atoms with E-state index in [1.54, 1.807) is 37.1 Å². The summed E-state index contributed by atoms with van der Waals surface area (Å²) in [5.41, 5.74) is 1.43. The van der Waals surface area contributed by atoms with Gasteiger partial charge in [-0.2, -0.15) is 0 Å². The summed E-state index contributed by atoms with van der Waals surface area (Å²) in [6, 6.07) is 14.5. The fourth-order valence-corrected chi connectivity index (χ4v) is 3.83. The van der Waals surface area contributed by atoms with Gasteiger partial charge >= 0.3 is 0 Å². The number of rotatable bonds is 5. The second-order valence-electron chi connectivity index (χ2n) is 5.79. The molecule has 1 atom stereocenters. The first-order valence-corrected chi connectivity index (χ1v) is 9.67. The predicted octanol–water partition coefficient (Wildman–Crippen LogP) is 4.11. The number of carbonyl (C=O) groups excluding carboxylic acids is 1. The lowest BCUT2D eigenvalue weighted by atomic mass is 10.2. The van der Waals surface area contributed by atoms with Gasteiger partial charge in [0.05, 0.1) is 10.3 Å². The Balaban J connectivity index is 1.78. The zero-order valence-corrected chi connectivity index (χ0v) is 17.0. The van der Waals surface area contributed by atoms with Crippen molar-refractivity contribution in [2.24, 2.45) is 0 Å². The molecule has 1 unspecified atom stereocenters. The van der Waals surface area contributed by atoms with Crippen LogP contribution >= 0.6 is 35.0 Å². The molecule has 0 spiro atoms. The second kappa shape index (κ2) is 8.21. The lowest BCUT2D eigenvalue weighted by Gasteiger charge is -2.20. The molecule has 6 nitrogen and oxygen atoms in total. The summed E-state index contributed by atoms with van der Waals surface area (Å²) in [7, 11) is 1.74. The largest absolute Gasteiger partial charge is 0.335 e. The lowest BCUT2D eigenvalue weighted by Crippen LogP contribution is -2.33. The van der Waals surface area contributed by atoms with E-state index < -0.39 is 5.25 Å². The van der Waals surface area contributed by atoms with Crippen molar-refractivity contribution in [3.05, 3.63) is 58.6 Å². The quantitative estimate of drug-likeness (QED) is 0.495. The molecule has 140 valence electrons. The number of thioether (sulfide) groups is 1. The van der Waals surface area contributed by atoms with Crippen LogP contribution in [0.4, 0.5) is 5.69 Å². The molecule has 0 radical (unpaired) electrons. The minimum Gasteiger partial charge on any atom is -0.335 e. The van der Waals surface area contributed by atoms with Crippen molar-refractivity contribution in [1.29, 1.82) is 0 Å². The number of aromatic nitrogens is 3. The topological polar surface area (TPSA) is 77.0 Å². The maximum atomic E-state index is 12.7. The van der Waals surface area contributed by atoms with Gasteiger partial charge in [0.25, 0.3) is 0 Å². The van der Waals surface area contributed by atoms with E-state index in [-0.39, 0.29) is 5.91 Å². The van der Waals surface area contributed by atoms with Crippen molar-refractivity contribution < 1.29 is 4.79 Å². The van der Waals surface area contributed by atoms with Crippen LogP contribution in [-0.2, 0) is 4.79 Å². The third kappa shape index (κ3) is 4.21. The number of hydrogen-bond donors (Lipinski definition) is 1. The summed E-state index contributed by atoms with van der Waals surface area (Å²) in [4.78, 5) is 14.3. The van der Waals surface area contributed by atoms with Crippen molar-refractivity contribution in [2.75, 3.05) is 17.8 Å². The number of amides is 1. The standard InChI is InChI=1S/C18H17Cl2N5OS/c1-11(17(26)24(2)13-6-4-3-5-7-13)27-18-23-22-16(25(18)21)14-9-8-12(19)10-15(14)20/h3-11H,21H2,1-2H3. The van der Waals surface area contributed by atoms with E-state index in [1.165, 1.54) is 16.4 Å². The van der Waals surface area contributed by atoms with Crippen LogP contribution in [0.3, 0.4) is 0 Å². The molecule has 3 aromatic rings. The molecule has 1 aromatic heterocycles. The lowest BCUT2D eigenvalue weighted by molar-refractivity contribution is -0.117. The van der Waals surface area contributed by atoms with Crippen LogP contribution in [0.5, 0.6) is 0 Å². The van der Waals surface area contributed by atoms with Gasteiger partial charge < -0.3 is 10.7 Å². The van der Waals surface area contributed by atoms with Crippen LogP contribution in [0.2, 0.25) is 10.0 Å². The van der Waals surface area contributed by atoms with E-state index in [0.29, 0.717) is 26.6 Å². The maximum absolute atomic E-state index is 12.7. The summed E-state index contributed by atoms with van der Waals surface area (Å²) in [6.45, 7) is 1.80.